The Morgan fingerprint density at radius 3 is 2.02 bits per heavy atom. The van der Waals surface area contributed by atoms with Crippen molar-refractivity contribution < 1.29 is 46.8 Å². The second-order valence-electron chi connectivity index (χ2n) is 14.2. The summed E-state index contributed by atoms with van der Waals surface area (Å²) in [6, 6.07) is 0. The average Bonchev–Trinajstić information content (AvgIpc) is 3.18. The first kappa shape index (κ1) is 35.1. The van der Waals surface area contributed by atoms with Crippen LogP contribution in [-0.4, -0.2) is 56.2 Å². The van der Waals surface area contributed by atoms with Gasteiger partial charge in [-0.15, -0.1) is 0 Å². The minimum absolute atomic E-state index is 0.000925. The molecule has 0 heterocycles. The molecule has 4 N–H and O–H groups in total. The zero-order valence-electron chi connectivity index (χ0n) is 25.2. The predicted octanol–water partition coefficient (Wildman–Crippen LogP) is 7.71. The standard InChI is InChI=1S/C32H48F6O4/c1-27(2,41)13-6-14-28(3,15-7-17-30(42,31(33,34)35)32(36,37)38)26-12-11-25-22(8-5-16-29(25,26)4)10-9-21-18-23(39)20-24(40)19-21/h7,9-10,17,23-26,39-42H,5-6,8,11-16,18-20H2,1-4H3/t23-,24?,25?,26-,28-,29+/m1/s1. The molecule has 0 saturated heterocycles. The lowest BCUT2D eigenvalue weighted by Crippen LogP contribution is -2.55. The van der Waals surface area contributed by atoms with E-state index in [1.807, 2.05) is 13.0 Å². The van der Waals surface area contributed by atoms with Crippen molar-refractivity contribution in [1.82, 2.24) is 0 Å². The number of rotatable bonds is 9. The largest absolute Gasteiger partial charge is 0.429 e. The summed E-state index contributed by atoms with van der Waals surface area (Å²) in [5.74, 6) is 0.201. The molecule has 0 aromatic heterocycles. The Morgan fingerprint density at radius 2 is 1.48 bits per heavy atom. The Morgan fingerprint density at radius 1 is 0.881 bits per heavy atom. The molecular formula is C32H48F6O4. The molecule has 10 heteroatoms. The van der Waals surface area contributed by atoms with E-state index in [4.69, 9.17) is 0 Å². The minimum Gasteiger partial charge on any atom is -0.393 e. The molecule has 0 aliphatic heterocycles. The normalized spacial score (nSPS) is 33.4. The summed E-state index contributed by atoms with van der Waals surface area (Å²) >= 11 is 0. The van der Waals surface area contributed by atoms with Crippen LogP contribution < -0.4 is 0 Å². The Kier molecular flexibility index (Phi) is 10.5. The third-order valence-corrected chi connectivity index (χ3v) is 10.2. The lowest BCUT2D eigenvalue weighted by atomic mass is 9.55. The fraction of sp³-hybridized carbons (Fsp3) is 0.812. The maximum atomic E-state index is 13.3. The van der Waals surface area contributed by atoms with Crippen LogP contribution in [0.25, 0.3) is 0 Å². The summed E-state index contributed by atoms with van der Waals surface area (Å²) in [5.41, 5.74) is -4.53. The van der Waals surface area contributed by atoms with Gasteiger partial charge < -0.3 is 20.4 Å². The van der Waals surface area contributed by atoms with E-state index in [0.29, 0.717) is 38.5 Å². The number of aliphatic hydroxyl groups is 4. The number of hydrogen-bond donors (Lipinski definition) is 4. The van der Waals surface area contributed by atoms with Gasteiger partial charge in [-0.25, -0.2) is 0 Å². The van der Waals surface area contributed by atoms with E-state index in [1.54, 1.807) is 13.8 Å². The number of allylic oxidation sites excluding steroid dienone is 4. The second-order valence-corrected chi connectivity index (χ2v) is 14.2. The predicted molar refractivity (Wildman–Crippen MR) is 149 cm³/mol. The van der Waals surface area contributed by atoms with E-state index in [2.05, 4.69) is 13.0 Å². The van der Waals surface area contributed by atoms with Gasteiger partial charge in [0.1, 0.15) is 0 Å². The van der Waals surface area contributed by atoms with Crippen molar-refractivity contribution in [2.75, 3.05) is 0 Å². The number of aliphatic hydroxyl groups excluding tert-OH is 2. The SMILES string of the molecule is CC(C)(O)CCC[C@](C)(CC=CC(O)(C(F)(F)F)C(F)(F)F)[C@H]1CCC2C(=CC=C3CC(O)C[C@H](O)C3)CCC[C@@]21C. The molecule has 0 aromatic carbocycles. The average molecular weight is 611 g/mol. The monoisotopic (exact) mass is 610 g/mol. The highest BCUT2D eigenvalue weighted by Gasteiger charge is 2.69. The summed E-state index contributed by atoms with van der Waals surface area (Å²) in [6.07, 6.45) is -1.06. The first-order valence-electron chi connectivity index (χ1n) is 15.1. The van der Waals surface area contributed by atoms with Gasteiger partial charge in [0, 0.05) is 0 Å². The number of alkyl halides is 6. The van der Waals surface area contributed by atoms with Crippen LogP contribution in [-0.2, 0) is 0 Å². The molecule has 2 unspecified atom stereocenters. The van der Waals surface area contributed by atoms with Gasteiger partial charge in [0.2, 0.25) is 0 Å². The zero-order chi connectivity index (χ0) is 31.8. The summed E-state index contributed by atoms with van der Waals surface area (Å²) in [5, 5.41) is 40.1. The quantitative estimate of drug-likeness (QED) is 0.159. The topological polar surface area (TPSA) is 80.9 Å². The van der Waals surface area contributed by atoms with Crippen molar-refractivity contribution in [2.45, 2.75) is 141 Å². The number of halogens is 6. The van der Waals surface area contributed by atoms with Crippen LogP contribution in [0.4, 0.5) is 26.3 Å². The van der Waals surface area contributed by atoms with Gasteiger partial charge in [0.25, 0.3) is 5.60 Å². The Labute approximate surface area is 245 Å². The first-order valence-corrected chi connectivity index (χ1v) is 15.1. The second kappa shape index (κ2) is 12.6. The maximum Gasteiger partial charge on any atom is 0.429 e. The van der Waals surface area contributed by atoms with Crippen molar-refractivity contribution in [3.05, 3.63) is 35.5 Å². The maximum absolute atomic E-state index is 13.3. The third-order valence-electron chi connectivity index (χ3n) is 10.2. The van der Waals surface area contributed by atoms with Crippen LogP contribution >= 0.6 is 0 Å². The Bertz CT molecular complexity index is 997. The van der Waals surface area contributed by atoms with Crippen molar-refractivity contribution in [1.29, 1.82) is 0 Å². The van der Waals surface area contributed by atoms with Crippen molar-refractivity contribution >= 4 is 0 Å². The van der Waals surface area contributed by atoms with Crippen LogP contribution in [0.2, 0.25) is 0 Å². The summed E-state index contributed by atoms with van der Waals surface area (Å²) in [4.78, 5) is 0. The van der Waals surface area contributed by atoms with Crippen LogP contribution in [0.5, 0.6) is 0 Å². The molecule has 6 atom stereocenters. The van der Waals surface area contributed by atoms with Gasteiger partial charge in [0.15, 0.2) is 0 Å². The number of fused-ring (bicyclic) bond motifs is 1. The fourth-order valence-corrected chi connectivity index (χ4v) is 8.11. The molecule has 0 radical (unpaired) electrons. The van der Waals surface area contributed by atoms with Crippen molar-refractivity contribution in [2.24, 2.45) is 22.7 Å². The van der Waals surface area contributed by atoms with Crippen molar-refractivity contribution in [3.63, 3.8) is 0 Å². The van der Waals surface area contributed by atoms with E-state index in [0.717, 1.165) is 43.8 Å². The van der Waals surface area contributed by atoms with Gasteiger partial charge in [-0.05, 0) is 113 Å². The van der Waals surface area contributed by atoms with Gasteiger partial charge in [0.05, 0.1) is 17.8 Å². The van der Waals surface area contributed by atoms with E-state index in [1.165, 1.54) is 5.57 Å². The van der Waals surface area contributed by atoms with Gasteiger partial charge in [-0.2, -0.15) is 26.3 Å². The van der Waals surface area contributed by atoms with Crippen LogP contribution in [0, 0.1) is 22.7 Å². The lowest BCUT2D eigenvalue weighted by molar-refractivity contribution is -0.347. The van der Waals surface area contributed by atoms with Crippen LogP contribution in [0.15, 0.2) is 35.5 Å². The molecule has 242 valence electrons. The molecule has 3 fully saturated rings. The molecule has 0 amide bonds. The van der Waals surface area contributed by atoms with E-state index in [9.17, 15) is 46.8 Å². The van der Waals surface area contributed by atoms with Crippen LogP contribution in [0.1, 0.15) is 105 Å². The van der Waals surface area contributed by atoms with Gasteiger partial charge >= 0.3 is 12.4 Å². The molecule has 0 spiro atoms. The fourth-order valence-electron chi connectivity index (χ4n) is 8.11. The van der Waals surface area contributed by atoms with Crippen molar-refractivity contribution in [3.8, 4) is 0 Å². The number of hydrogen-bond acceptors (Lipinski definition) is 4. The van der Waals surface area contributed by atoms with Gasteiger partial charge in [-0.3, -0.25) is 0 Å². The molecule has 3 aliphatic rings. The van der Waals surface area contributed by atoms with Gasteiger partial charge in [-0.1, -0.05) is 49.6 Å². The van der Waals surface area contributed by atoms with Crippen LogP contribution in [0.3, 0.4) is 0 Å². The lowest BCUT2D eigenvalue weighted by Gasteiger charge is -2.49. The summed E-state index contributed by atoms with van der Waals surface area (Å²) < 4.78 is 80.1. The Balaban J connectivity index is 1.91. The van der Waals surface area contributed by atoms with E-state index >= 15 is 0 Å². The highest BCUT2D eigenvalue weighted by molar-refractivity contribution is 5.27. The summed E-state index contributed by atoms with van der Waals surface area (Å²) in [7, 11) is 0. The summed E-state index contributed by atoms with van der Waals surface area (Å²) in [6.45, 7) is 7.44. The highest BCUT2D eigenvalue weighted by Crippen LogP contribution is 2.64. The first-order chi connectivity index (χ1) is 19.1. The minimum atomic E-state index is -5.91. The molecule has 0 bridgehead atoms. The smallest absolute Gasteiger partial charge is 0.393 e. The molecule has 42 heavy (non-hydrogen) atoms. The zero-order valence-corrected chi connectivity index (χ0v) is 25.2. The van der Waals surface area contributed by atoms with E-state index < -0.39 is 41.2 Å². The molecule has 3 saturated carbocycles. The highest BCUT2D eigenvalue weighted by atomic mass is 19.4. The Hall–Kier alpha value is -1.36. The molecular weight excluding hydrogens is 562 g/mol. The molecule has 3 aliphatic carbocycles. The molecule has 0 aromatic rings. The van der Waals surface area contributed by atoms with E-state index in [-0.39, 0.29) is 29.7 Å². The molecule has 4 nitrogen and oxygen atoms in total. The molecule has 3 rings (SSSR count). The third kappa shape index (κ3) is 7.83.